The van der Waals surface area contributed by atoms with Crippen molar-refractivity contribution >= 4 is 0 Å². The molecule has 0 radical (unpaired) electrons. The normalized spacial score (nSPS) is 37.3. The number of hydrogen-bond donors (Lipinski definition) is 0. The maximum absolute atomic E-state index is 2.44. The molecule has 88 valence electrons. The SMILES string of the molecule is C.C.CC(C)C1CC(C)C(C)CC1C. The average Bonchev–Trinajstić information content (AvgIpc) is 1.96. The van der Waals surface area contributed by atoms with Crippen molar-refractivity contribution in [1.29, 1.82) is 0 Å². The third-order valence-corrected chi connectivity index (χ3v) is 3.95. The molecule has 4 unspecified atom stereocenters. The molecular weight excluding hydrogens is 168 g/mol. The van der Waals surface area contributed by atoms with E-state index in [4.69, 9.17) is 0 Å². The summed E-state index contributed by atoms with van der Waals surface area (Å²) in [5, 5.41) is 0. The van der Waals surface area contributed by atoms with Gasteiger partial charge in [-0.3, -0.25) is 0 Å². The van der Waals surface area contributed by atoms with E-state index >= 15 is 0 Å². The van der Waals surface area contributed by atoms with E-state index in [1.54, 1.807) is 0 Å². The van der Waals surface area contributed by atoms with E-state index < -0.39 is 0 Å². The topological polar surface area (TPSA) is 0 Å². The maximum atomic E-state index is 2.44. The molecule has 0 saturated heterocycles. The minimum Gasteiger partial charge on any atom is -0.0776 e. The Balaban J connectivity index is 0. The molecule has 1 rings (SSSR count). The number of rotatable bonds is 1. The van der Waals surface area contributed by atoms with Gasteiger partial charge >= 0.3 is 0 Å². The Labute approximate surface area is 92.5 Å². The lowest BCUT2D eigenvalue weighted by atomic mass is 9.67. The molecule has 0 bridgehead atoms. The smallest absolute Gasteiger partial charge is 0.0363 e. The first-order valence-corrected chi connectivity index (χ1v) is 5.52. The molecule has 1 aliphatic carbocycles. The van der Waals surface area contributed by atoms with Gasteiger partial charge in [0.05, 0.1) is 0 Å². The van der Waals surface area contributed by atoms with Crippen LogP contribution in [0.3, 0.4) is 0 Å². The Morgan fingerprint density at radius 1 is 0.786 bits per heavy atom. The van der Waals surface area contributed by atoms with Crippen LogP contribution >= 0.6 is 0 Å². The third-order valence-electron chi connectivity index (χ3n) is 3.95. The highest BCUT2D eigenvalue weighted by Crippen LogP contribution is 2.40. The van der Waals surface area contributed by atoms with Gasteiger partial charge in [-0.15, -0.1) is 0 Å². The van der Waals surface area contributed by atoms with Gasteiger partial charge in [-0.2, -0.15) is 0 Å². The van der Waals surface area contributed by atoms with Crippen LogP contribution in [-0.4, -0.2) is 0 Å². The summed E-state index contributed by atoms with van der Waals surface area (Å²) in [6.07, 6.45) is 2.91. The zero-order valence-electron chi connectivity index (χ0n) is 9.30. The van der Waals surface area contributed by atoms with E-state index in [-0.39, 0.29) is 14.9 Å². The quantitative estimate of drug-likeness (QED) is 0.543. The Morgan fingerprint density at radius 2 is 1.21 bits per heavy atom. The lowest BCUT2D eigenvalue weighted by Crippen LogP contribution is -2.30. The van der Waals surface area contributed by atoms with E-state index in [0.717, 1.165) is 29.6 Å². The molecule has 0 aromatic carbocycles. The van der Waals surface area contributed by atoms with Crippen LogP contribution in [0.4, 0.5) is 0 Å². The molecule has 14 heavy (non-hydrogen) atoms. The van der Waals surface area contributed by atoms with Crippen molar-refractivity contribution in [3.05, 3.63) is 0 Å². The van der Waals surface area contributed by atoms with Crippen LogP contribution in [0.15, 0.2) is 0 Å². The van der Waals surface area contributed by atoms with Gasteiger partial charge in [-0.05, 0) is 42.4 Å². The standard InChI is InChI=1S/C12H24.2CH4/c1-8(2)12-7-10(4)9(3)6-11(12)5;;/h8-12H,6-7H2,1-5H3;2*1H4. The Bertz CT molecular complexity index is 137. The zero-order chi connectivity index (χ0) is 9.30. The molecule has 0 aromatic heterocycles. The molecule has 0 N–H and O–H groups in total. The summed E-state index contributed by atoms with van der Waals surface area (Å²) >= 11 is 0. The molecule has 1 fully saturated rings. The van der Waals surface area contributed by atoms with Gasteiger partial charge in [0.25, 0.3) is 0 Å². The van der Waals surface area contributed by atoms with Crippen molar-refractivity contribution in [2.75, 3.05) is 0 Å². The zero-order valence-corrected chi connectivity index (χ0v) is 9.30. The van der Waals surface area contributed by atoms with Crippen molar-refractivity contribution in [3.63, 3.8) is 0 Å². The van der Waals surface area contributed by atoms with Gasteiger partial charge in [-0.25, -0.2) is 0 Å². The van der Waals surface area contributed by atoms with Gasteiger partial charge in [0.1, 0.15) is 0 Å². The second-order valence-electron chi connectivity index (χ2n) is 5.31. The van der Waals surface area contributed by atoms with Gasteiger partial charge < -0.3 is 0 Å². The molecule has 0 heterocycles. The van der Waals surface area contributed by atoms with Crippen molar-refractivity contribution in [2.45, 2.75) is 62.3 Å². The van der Waals surface area contributed by atoms with Gasteiger partial charge in [0.2, 0.25) is 0 Å². The lowest BCUT2D eigenvalue weighted by molar-refractivity contribution is 0.109. The maximum Gasteiger partial charge on any atom is -0.0363 e. The summed E-state index contributed by atoms with van der Waals surface area (Å²) in [5.41, 5.74) is 0. The molecular formula is C14H32. The van der Waals surface area contributed by atoms with E-state index in [0.29, 0.717) is 0 Å². The van der Waals surface area contributed by atoms with E-state index in [9.17, 15) is 0 Å². The molecule has 0 heteroatoms. The Hall–Kier alpha value is 0. The van der Waals surface area contributed by atoms with E-state index in [1.165, 1.54) is 12.8 Å². The highest BCUT2D eigenvalue weighted by Gasteiger charge is 2.31. The fraction of sp³-hybridized carbons (Fsp3) is 1.00. The predicted molar refractivity (Wildman–Crippen MR) is 68.5 cm³/mol. The average molecular weight is 200 g/mol. The van der Waals surface area contributed by atoms with Crippen LogP contribution < -0.4 is 0 Å². The minimum atomic E-state index is 0. The Morgan fingerprint density at radius 3 is 1.64 bits per heavy atom. The molecule has 0 spiro atoms. The van der Waals surface area contributed by atoms with Crippen molar-refractivity contribution in [2.24, 2.45) is 29.6 Å². The summed E-state index contributed by atoms with van der Waals surface area (Å²) in [6.45, 7) is 12.0. The van der Waals surface area contributed by atoms with Crippen LogP contribution in [0.5, 0.6) is 0 Å². The lowest BCUT2D eigenvalue weighted by Gasteiger charge is -2.39. The Kier molecular flexibility index (Phi) is 7.60. The first kappa shape index (κ1) is 16.4. The number of hydrogen-bond acceptors (Lipinski definition) is 0. The molecule has 0 aromatic rings. The molecule has 1 saturated carbocycles. The molecule has 4 atom stereocenters. The summed E-state index contributed by atoms with van der Waals surface area (Å²) in [7, 11) is 0. The summed E-state index contributed by atoms with van der Waals surface area (Å²) < 4.78 is 0. The van der Waals surface area contributed by atoms with Crippen molar-refractivity contribution < 1.29 is 0 Å². The molecule has 0 nitrogen and oxygen atoms in total. The second kappa shape index (κ2) is 6.48. The van der Waals surface area contributed by atoms with Gasteiger partial charge in [0.15, 0.2) is 0 Å². The van der Waals surface area contributed by atoms with Gasteiger partial charge in [0, 0.05) is 0 Å². The summed E-state index contributed by atoms with van der Waals surface area (Å²) in [4.78, 5) is 0. The minimum absolute atomic E-state index is 0. The highest BCUT2D eigenvalue weighted by molar-refractivity contribution is 4.81. The van der Waals surface area contributed by atoms with Crippen molar-refractivity contribution in [1.82, 2.24) is 0 Å². The highest BCUT2D eigenvalue weighted by atomic mass is 14.4. The fourth-order valence-corrected chi connectivity index (χ4v) is 2.82. The first-order chi connectivity index (χ1) is 5.52. The molecule has 0 amide bonds. The van der Waals surface area contributed by atoms with Gasteiger partial charge in [-0.1, -0.05) is 49.5 Å². The summed E-state index contributed by atoms with van der Waals surface area (Å²) in [5.74, 6) is 4.73. The third kappa shape index (κ3) is 3.63. The van der Waals surface area contributed by atoms with Crippen molar-refractivity contribution in [3.8, 4) is 0 Å². The largest absolute Gasteiger partial charge is 0.0776 e. The summed E-state index contributed by atoms with van der Waals surface area (Å²) in [6, 6.07) is 0. The second-order valence-corrected chi connectivity index (χ2v) is 5.31. The van der Waals surface area contributed by atoms with E-state index in [1.807, 2.05) is 0 Å². The molecule has 0 aliphatic heterocycles. The van der Waals surface area contributed by atoms with E-state index in [2.05, 4.69) is 34.6 Å². The van der Waals surface area contributed by atoms with Crippen LogP contribution in [0.2, 0.25) is 0 Å². The van der Waals surface area contributed by atoms with Crippen LogP contribution in [0.1, 0.15) is 62.3 Å². The van der Waals surface area contributed by atoms with Crippen LogP contribution in [0, 0.1) is 29.6 Å². The van der Waals surface area contributed by atoms with Crippen LogP contribution in [-0.2, 0) is 0 Å². The fourth-order valence-electron chi connectivity index (χ4n) is 2.82. The monoisotopic (exact) mass is 200 g/mol. The first-order valence-electron chi connectivity index (χ1n) is 5.52. The molecule has 1 aliphatic rings. The van der Waals surface area contributed by atoms with Crippen LogP contribution in [0.25, 0.3) is 0 Å². The predicted octanol–water partition coefficient (Wildman–Crippen LogP) is 5.23.